The zero-order valence-corrected chi connectivity index (χ0v) is 14.3. The molecular weight excluding hydrogens is 350 g/mol. The molecule has 2 N–H and O–H groups in total. The third kappa shape index (κ3) is 6.13. The number of carbonyl (C=O) groups excluding carboxylic acids is 2. The molecule has 0 unspecified atom stereocenters. The minimum atomic E-state index is -0.583. The van der Waals surface area contributed by atoms with E-state index in [0.717, 1.165) is 6.08 Å². The largest absolute Gasteiger partial charge is 0.490 e. The molecule has 2 aromatic rings. The lowest BCUT2D eigenvalue weighted by molar-refractivity contribution is -0.384. The van der Waals surface area contributed by atoms with Gasteiger partial charge in [0.25, 0.3) is 17.5 Å². The van der Waals surface area contributed by atoms with Crippen molar-refractivity contribution >= 4 is 23.6 Å². The minimum absolute atomic E-state index is 0.0774. The normalized spacial score (nSPS) is 10.2. The van der Waals surface area contributed by atoms with Crippen molar-refractivity contribution < 1.29 is 19.2 Å². The number of nitrogens with zero attached hydrogens (tertiary/aromatic N) is 1. The molecule has 0 fully saturated rings. The number of ether oxygens (including phenoxy) is 1. The monoisotopic (exact) mass is 367 g/mol. The van der Waals surface area contributed by atoms with E-state index >= 15 is 0 Å². The number of benzene rings is 2. The lowest BCUT2D eigenvalue weighted by atomic mass is 10.2. The third-order valence-electron chi connectivity index (χ3n) is 3.29. The summed E-state index contributed by atoms with van der Waals surface area (Å²) in [4.78, 5) is 34.0. The summed E-state index contributed by atoms with van der Waals surface area (Å²) >= 11 is 0. The molecule has 2 aromatic carbocycles. The Morgan fingerprint density at radius 1 is 1.15 bits per heavy atom. The average molecular weight is 367 g/mol. The maximum Gasteiger partial charge on any atom is 0.270 e. The van der Waals surface area contributed by atoms with Crippen LogP contribution in [-0.2, 0) is 4.79 Å². The molecule has 0 aliphatic carbocycles. The molecule has 0 aliphatic heterocycles. The van der Waals surface area contributed by atoms with Crippen LogP contribution in [0.15, 0.2) is 67.3 Å². The predicted molar refractivity (Wildman–Crippen MR) is 99.9 cm³/mol. The van der Waals surface area contributed by atoms with Crippen molar-refractivity contribution in [2.24, 2.45) is 0 Å². The highest BCUT2D eigenvalue weighted by molar-refractivity contribution is 5.98. The Balaban J connectivity index is 1.87. The van der Waals surface area contributed by atoms with Crippen LogP contribution in [0.25, 0.3) is 6.08 Å². The second-order valence-corrected chi connectivity index (χ2v) is 5.25. The van der Waals surface area contributed by atoms with E-state index in [1.54, 1.807) is 36.4 Å². The number of nitrogens with one attached hydrogen (secondary N) is 2. The highest BCUT2D eigenvalue weighted by Gasteiger charge is 2.07. The van der Waals surface area contributed by atoms with Crippen molar-refractivity contribution in [3.05, 3.63) is 88.5 Å². The molecule has 0 heterocycles. The first kappa shape index (κ1) is 19.4. The van der Waals surface area contributed by atoms with Crippen LogP contribution in [0, 0.1) is 10.1 Å². The van der Waals surface area contributed by atoms with E-state index in [1.807, 2.05) is 0 Å². The first-order chi connectivity index (χ1) is 13.0. The topological polar surface area (TPSA) is 111 Å². The summed E-state index contributed by atoms with van der Waals surface area (Å²) in [6, 6.07) is 12.2. The molecule has 8 heteroatoms. The Bertz CT molecular complexity index is 875. The summed E-state index contributed by atoms with van der Waals surface area (Å²) in [7, 11) is 0. The van der Waals surface area contributed by atoms with Gasteiger partial charge in [-0.1, -0.05) is 24.8 Å². The molecule has 0 bridgehead atoms. The van der Waals surface area contributed by atoms with E-state index in [1.165, 1.54) is 24.3 Å². The van der Waals surface area contributed by atoms with E-state index < -0.39 is 16.7 Å². The fraction of sp³-hybridized carbons (Fsp3) is 0.0526. The Hall–Kier alpha value is -3.94. The van der Waals surface area contributed by atoms with Crippen LogP contribution in [0.2, 0.25) is 0 Å². The van der Waals surface area contributed by atoms with Crippen LogP contribution < -0.4 is 15.6 Å². The van der Waals surface area contributed by atoms with Gasteiger partial charge in [0, 0.05) is 23.8 Å². The molecule has 0 saturated carbocycles. The van der Waals surface area contributed by atoms with Crippen molar-refractivity contribution in [2.75, 3.05) is 6.61 Å². The van der Waals surface area contributed by atoms with Crippen molar-refractivity contribution in [1.29, 1.82) is 0 Å². The van der Waals surface area contributed by atoms with Gasteiger partial charge < -0.3 is 4.74 Å². The summed E-state index contributed by atoms with van der Waals surface area (Å²) < 4.78 is 5.31. The predicted octanol–water partition coefficient (Wildman–Crippen LogP) is 2.63. The number of nitro benzene ring substituents is 1. The molecule has 0 atom stereocenters. The quantitative estimate of drug-likeness (QED) is 0.338. The van der Waals surface area contributed by atoms with Gasteiger partial charge in [-0.2, -0.15) is 0 Å². The number of hydrogen-bond acceptors (Lipinski definition) is 5. The number of nitro groups is 1. The molecule has 27 heavy (non-hydrogen) atoms. The van der Waals surface area contributed by atoms with Gasteiger partial charge in [-0.05, 0) is 35.9 Å². The van der Waals surface area contributed by atoms with Crippen molar-refractivity contribution in [3.63, 3.8) is 0 Å². The van der Waals surface area contributed by atoms with E-state index in [0.29, 0.717) is 23.5 Å². The Morgan fingerprint density at radius 2 is 1.89 bits per heavy atom. The molecule has 0 spiro atoms. The first-order valence-corrected chi connectivity index (χ1v) is 7.86. The molecule has 2 amide bonds. The SMILES string of the molecule is C=CCOc1ccc(C(=O)NNC(=O)/C=C/c2cccc([N+](=O)[O-])c2)cc1. The van der Waals surface area contributed by atoms with Crippen LogP contribution >= 0.6 is 0 Å². The van der Waals surface area contributed by atoms with Gasteiger partial charge in [0.1, 0.15) is 12.4 Å². The van der Waals surface area contributed by atoms with Gasteiger partial charge in [0.2, 0.25) is 0 Å². The fourth-order valence-electron chi connectivity index (χ4n) is 2.00. The Morgan fingerprint density at radius 3 is 2.56 bits per heavy atom. The number of rotatable bonds is 7. The second-order valence-electron chi connectivity index (χ2n) is 5.25. The number of hydrazine groups is 1. The fourth-order valence-corrected chi connectivity index (χ4v) is 2.00. The Labute approximate surface area is 155 Å². The van der Waals surface area contributed by atoms with Gasteiger partial charge in [-0.15, -0.1) is 0 Å². The third-order valence-corrected chi connectivity index (χ3v) is 3.29. The van der Waals surface area contributed by atoms with E-state index in [4.69, 9.17) is 4.74 Å². The molecule has 138 valence electrons. The minimum Gasteiger partial charge on any atom is -0.490 e. The van der Waals surface area contributed by atoms with Gasteiger partial charge in [0.15, 0.2) is 0 Å². The van der Waals surface area contributed by atoms with Crippen LogP contribution in [0.3, 0.4) is 0 Å². The zero-order chi connectivity index (χ0) is 19.6. The van der Waals surface area contributed by atoms with Crippen LogP contribution in [0.5, 0.6) is 5.75 Å². The second kappa shape index (κ2) is 9.52. The Kier molecular flexibility index (Phi) is 6.83. The van der Waals surface area contributed by atoms with Crippen molar-refractivity contribution in [1.82, 2.24) is 10.9 Å². The number of hydrogen-bond donors (Lipinski definition) is 2. The van der Waals surface area contributed by atoms with E-state index in [2.05, 4.69) is 17.4 Å². The van der Waals surface area contributed by atoms with Gasteiger partial charge >= 0.3 is 0 Å². The number of amides is 2. The molecule has 0 saturated heterocycles. The van der Waals surface area contributed by atoms with Gasteiger partial charge in [0.05, 0.1) is 4.92 Å². The summed E-state index contributed by atoms with van der Waals surface area (Å²) in [6.45, 7) is 3.90. The standard InChI is InChI=1S/C19H17N3O5/c1-2-12-27-17-9-7-15(8-10-17)19(24)21-20-18(23)11-6-14-4-3-5-16(13-14)22(25)26/h2-11,13H,1,12H2,(H,20,23)(H,21,24)/b11-6+. The lowest BCUT2D eigenvalue weighted by Gasteiger charge is -2.07. The zero-order valence-electron chi connectivity index (χ0n) is 14.3. The molecule has 0 aliphatic rings. The first-order valence-electron chi connectivity index (χ1n) is 7.86. The lowest BCUT2D eigenvalue weighted by Crippen LogP contribution is -2.40. The van der Waals surface area contributed by atoms with Gasteiger partial charge in [-0.25, -0.2) is 0 Å². The number of non-ortho nitro benzene ring substituents is 1. The van der Waals surface area contributed by atoms with Crippen LogP contribution in [0.4, 0.5) is 5.69 Å². The highest BCUT2D eigenvalue weighted by Crippen LogP contribution is 2.14. The molecule has 8 nitrogen and oxygen atoms in total. The van der Waals surface area contributed by atoms with Crippen LogP contribution in [0.1, 0.15) is 15.9 Å². The van der Waals surface area contributed by atoms with E-state index in [-0.39, 0.29) is 5.69 Å². The smallest absolute Gasteiger partial charge is 0.270 e. The number of carbonyl (C=O) groups is 2. The van der Waals surface area contributed by atoms with Crippen molar-refractivity contribution in [2.45, 2.75) is 0 Å². The molecule has 2 rings (SSSR count). The highest BCUT2D eigenvalue weighted by atomic mass is 16.6. The maximum absolute atomic E-state index is 12.0. The summed E-state index contributed by atoms with van der Waals surface area (Å²) in [5.74, 6) is -0.487. The summed E-state index contributed by atoms with van der Waals surface area (Å²) in [5.41, 5.74) is 5.25. The van der Waals surface area contributed by atoms with E-state index in [9.17, 15) is 19.7 Å². The summed E-state index contributed by atoms with van der Waals surface area (Å²) in [6.07, 6.45) is 4.17. The molecule has 0 aromatic heterocycles. The van der Waals surface area contributed by atoms with Gasteiger partial charge in [-0.3, -0.25) is 30.6 Å². The molecular formula is C19H17N3O5. The maximum atomic E-state index is 12.0. The average Bonchev–Trinajstić information content (AvgIpc) is 2.69. The summed E-state index contributed by atoms with van der Waals surface area (Å²) in [5, 5.41) is 10.7. The van der Waals surface area contributed by atoms with Crippen molar-refractivity contribution in [3.8, 4) is 5.75 Å². The molecule has 0 radical (unpaired) electrons. The van der Waals surface area contributed by atoms with Crippen LogP contribution in [-0.4, -0.2) is 23.3 Å².